The van der Waals surface area contributed by atoms with Crippen molar-refractivity contribution in [3.05, 3.63) is 62.1 Å². The summed E-state index contributed by atoms with van der Waals surface area (Å²) in [6.07, 6.45) is 0. The van der Waals surface area contributed by atoms with Crippen molar-refractivity contribution >= 4 is 45.9 Å². The monoisotopic (exact) mass is 446 g/mol. The van der Waals surface area contributed by atoms with E-state index in [1.165, 1.54) is 34.1 Å². The van der Waals surface area contributed by atoms with Crippen molar-refractivity contribution in [2.24, 2.45) is 0 Å². The van der Waals surface area contributed by atoms with Gasteiger partial charge in [0, 0.05) is 12.0 Å². The fourth-order valence-corrected chi connectivity index (χ4v) is 2.97. The minimum Gasteiger partial charge on any atom is -0.507 e. The third-order valence-corrected chi connectivity index (χ3v) is 4.30. The molecule has 0 saturated heterocycles. The van der Waals surface area contributed by atoms with Crippen LogP contribution >= 0.6 is 34.0 Å². The highest BCUT2D eigenvalue weighted by atomic mass is 32.1. The standard InChI is InChI=1S/C7H6O4S.C4H4OS.C4H4S.C2H6O.C2H6/c8-6(9)5(7(10)11)4-1-2-12-3-4;5-4-1-2-6-3-4;1-2-4-5-3-1;1-2-3;1-2/h1-3,5H,(H,8,9)(H,10,11);1-3,5H;1-4H;3H,2H2,1H3;1-2H3. The molecule has 3 rings (SSSR count). The molecule has 6 nitrogen and oxygen atoms in total. The van der Waals surface area contributed by atoms with Crippen LogP contribution in [0, 0.1) is 0 Å². The topological polar surface area (TPSA) is 115 Å². The normalized spacial score (nSPS) is 8.46. The molecular formula is C19H26O6S3. The van der Waals surface area contributed by atoms with E-state index in [1.807, 2.05) is 42.1 Å². The lowest BCUT2D eigenvalue weighted by molar-refractivity contribution is -0.150. The van der Waals surface area contributed by atoms with E-state index in [0.29, 0.717) is 11.3 Å². The molecule has 0 aromatic carbocycles. The first-order valence-electron chi connectivity index (χ1n) is 8.20. The molecule has 0 spiro atoms. The second-order valence-electron chi connectivity index (χ2n) is 4.26. The van der Waals surface area contributed by atoms with Crippen LogP contribution in [0.15, 0.2) is 56.5 Å². The second-order valence-corrected chi connectivity index (χ2v) is 6.63. The molecule has 0 radical (unpaired) electrons. The summed E-state index contributed by atoms with van der Waals surface area (Å²) in [5.41, 5.74) is 0.319. The molecule has 4 N–H and O–H groups in total. The number of hydrogen-bond acceptors (Lipinski definition) is 7. The molecule has 9 heteroatoms. The maximum absolute atomic E-state index is 10.5. The zero-order chi connectivity index (χ0) is 21.8. The van der Waals surface area contributed by atoms with Crippen LogP contribution in [-0.4, -0.2) is 39.0 Å². The van der Waals surface area contributed by atoms with Gasteiger partial charge in [-0.15, -0.1) is 11.3 Å². The molecule has 156 valence electrons. The number of carboxylic acids is 2. The third kappa shape index (κ3) is 14.9. The van der Waals surface area contributed by atoms with Gasteiger partial charge in [0.25, 0.3) is 0 Å². The van der Waals surface area contributed by atoms with Crippen molar-refractivity contribution in [2.45, 2.75) is 26.7 Å². The van der Waals surface area contributed by atoms with Crippen molar-refractivity contribution in [1.82, 2.24) is 0 Å². The van der Waals surface area contributed by atoms with Gasteiger partial charge < -0.3 is 20.4 Å². The van der Waals surface area contributed by atoms with Gasteiger partial charge in [0.1, 0.15) is 5.75 Å². The lowest BCUT2D eigenvalue weighted by atomic mass is 10.0. The molecule has 0 fully saturated rings. The zero-order valence-electron chi connectivity index (χ0n) is 15.9. The number of thiophene rings is 3. The number of hydrogen-bond donors (Lipinski definition) is 4. The zero-order valence-corrected chi connectivity index (χ0v) is 18.3. The van der Waals surface area contributed by atoms with Crippen molar-refractivity contribution < 1.29 is 30.0 Å². The van der Waals surface area contributed by atoms with E-state index in [-0.39, 0.29) is 6.61 Å². The maximum atomic E-state index is 10.5. The lowest BCUT2D eigenvalue weighted by Gasteiger charge is -2.02. The van der Waals surface area contributed by atoms with Gasteiger partial charge in [-0.25, -0.2) is 0 Å². The molecule has 0 unspecified atom stereocenters. The summed E-state index contributed by atoms with van der Waals surface area (Å²) in [6, 6.07) is 7.19. The molecule has 0 saturated carbocycles. The first kappa shape index (κ1) is 28.0. The Kier molecular flexibility index (Phi) is 19.6. The first-order valence-corrected chi connectivity index (χ1v) is 11.0. The van der Waals surface area contributed by atoms with Crippen LogP contribution < -0.4 is 0 Å². The maximum Gasteiger partial charge on any atom is 0.322 e. The number of aliphatic carboxylic acids is 2. The minimum atomic E-state index is -1.43. The summed E-state index contributed by atoms with van der Waals surface area (Å²) in [4.78, 5) is 20.9. The molecule has 0 aliphatic carbocycles. The van der Waals surface area contributed by atoms with E-state index in [4.69, 9.17) is 20.4 Å². The summed E-state index contributed by atoms with van der Waals surface area (Å²) in [7, 11) is 0. The van der Waals surface area contributed by atoms with Gasteiger partial charge in [-0.05, 0) is 51.5 Å². The van der Waals surface area contributed by atoms with Gasteiger partial charge in [0.15, 0.2) is 5.92 Å². The SMILES string of the molecule is CC.CCO.O=C(O)C(C(=O)O)c1ccsc1.Oc1ccsc1.c1ccsc1. The van der Waals surface area contributed by atoms with E-state index >= 15 is 0 Å². The summed E-state index contributed by atoms with van der Waals surface area (Å²) < 4.78 is 0. The first-order chi connectivity index (χ1) is 13.4. The Morgan fingerprint density at radius 2 is 1.36 bits per heavy atom. The molecule has 28 heavy (non-hydrogen) atoms. The number of rotatable bonds is 3. The average molecular weight is 447 g/mol. The van der Waals surface area contributed by atoms with E-state index in [9.17, 15) is 9.59 Å². The Balaban J connectivity index is 0. The van der Waals surface area contributed by atoms with Gasteiger partial charge in [-0.1, -0.05) is 26.0 Å². The molecule has 3 aromatic rings. The molecule has 0 atom stereocenters. The van der Waals surface area contributed by atoms with Crippen LogP contribution in [-0.2, 0) is 9.59 Å². The third-order valence-electron chi connectivity index (χ3n) is 2.30. The number of aliphatic hydroxyl groups excluding tert-OH is 1. The highest BCUT2D eigenvalue weighted by Gasteiger charge is 2.27. The van der Waals surface area contributed by atoms with Crippen molar-refractivity contribution in [3.63, 3.8) is 0 Å². The lowest BCUT2D eigenvalue weighted by Crippen LogP contribution is -2.20. The van der Waals surface area contributed by atoms with E-state index in [1.54, 1.807) is 35.1 Å². The Bertz CT molecular complexity index is 648. The highest BCUT2D eigenvalue weighted by Crippen LogP contribution is 2.19. The second kappa shape index (κ2) is 19.6. The van der Waals surface area contributed by atoms with E-state index in [2.05, 4.69) is 0 Å². The van der Waals surface area contributed by atoms with Crippen LogP contribution in [0.5, 0.6) is 5.75 Å². The molecule has 3 aromatic heterocycles. The molecule has 0 amide bonds. The van der Waals surface area contributed by atoms with Crippen LogP contribution in [0.1, 0.15) is 32.3 Å². The van der Waals surface area contributed by atoms with Gasteiger partial charge in [0.2, 0.25) is 0 Å². The highest BCUT2D eigenvalue weighted by molar-refractivity contribution is 7.08. The Labute approximate surface area is 177 Å². The average Bonchev–Trinajstić information content (AvgIpc) is 3.43. The Morgan fingerprint density at radius 1 is 0.893 bits per heavy atom. The smallest absolute Gasteiger partial charge is 0.322 e. The van der Waals surface area contributed by atoms with Gasteiger partial charge in [-0.2, -0.15) is 22.7 Å². The summed E-state index contributed by atoms with van der Waals surface area (Å²) in [6.45, 7) is 5.93. The molecule has 0 aliphatic heterocycles. The molecule has 0 aliphatic rings. The van der Waals surface area contributed by atoms with Crippen LogP contribution in [0.4, 0.5) is 0 Å². The van der Waals surface area contributed by atoms with Crippen LogP contribution in [0.3, 0.4) is 0 Å². The Hall–Kier alpha value is -2.20. The van der Waals surface area contributed by atoms with Gasteiger partial charge >= 0.3 is 11.9 Å². The number of carbonyl (C=O) groups is 2. The number of aliphatic hydroxyl groups is 1. The number of aromatic hydroxyl groups is 1. The Morgan fingerprint density at radius 3 is 1.57 bits per heavy atom. The summed E-state index contributed by atoms with van der Waals surface area (Å²) in [5.74, 6) is -3.74. The van der Waals surface area contributed by atoms with Crippen LogP contribution in [0.25, 0.3) is 0 Å². The summed E-state index contributed by atoms with van der Waals surface area (Å²) >= 11 is 4.48. The molecule has 3 heterocycles. The predicted molar refractivity (Wildman–Crippen MR) is 117 cm³/mol. The van der Waals surface area contributed by atoms with E-state index < -0.39 is 17.9 Å². The largest absolute Gasteiger partial charge is 0.507 e. The van der Waals surface area contributed by atoms with Gasteiger partial charge in [0.05, 0.1) is 0 Å². The fraction of sp³-hybridized carbons (Fsp3) is 0.263. The molecular weight excluding hydrogens is 420 g/mol. The van der Waals surface area contributed by atoms with Crippen molar-refractivity contribution in [1.29, 1.82) is 0 Å². The van der Waals surface area contributed by atoms with Crippen molar-refractivity contribution in [3.8, 4) is 5.75 Å². The fourth-order valence-electron chi connectivity index (χ4n) is 1.31. The van der Waals surface area contributed by atoms with Crippen LogP contribution in [0.2, 0.25) is 0 Å². The quantitative estimate of drug-likeness (QED) is 0.410. The predicted octanol–water partition coefficient (Wildman–Crippen LogP) is 5.23. The van der Waals surface area contributed by atoms with Gasteiger partial charge in [-0.3, -0.25) is 9.59 Å². The summed E-state index contributed by atoms with van der Waals surface area (Å²) in [5, 5.41) is 43.9. The number of carboxylic acid groups (broad SMARTS) is 2. The van der Waals surface area contributed by atoms with E-state index in [0.717, 1.165) is 0 Å². The molecule has 0 bridgehead atoms. The van der Waals surface area contributed by atoms with Crippen molar-refractivity contribution in [2.75, 3.05) is 6.61 Å². The minimum absolute atomic E-state index is 0.250.